The Hall–Kier alpha value is -1.61. The SMILES string of the molecule is CCc1c(C)nn(CC(N)c2ccc(C(C)C)cc2)c1C. The molecule has 0 aliphatic rings. The molecule has 0 aliphatic carbocycles. The maximum absolute atomic E-state index is 6.36. The molecule has 2 aromatic rings. The molecule has 1 unspecified atom stereocenters. The molecule has 0 spiro atoms. The molecule has 1 atom stereocenters. The molecule has 0 radical (unpaired) electrons. The molecule has 0 bridgehead atoms. The number of nitrogens with zero attached hydrogens (tertiary/aromatic N) is 2. The van der Waals surface area contributed by atoms with Crippen LogP contribution in [0.4, 0.5) is 0 Å². The third-order valence-electron chi connectivity index (χ3n) is 4.29. The number of benzene rings is 1. The zero-order valence-electron chi connectivity index (χ0n) is 13.9. The van der Waals surface area contributed by atoms with Crippen LogP contribution in [-0.4, -0.2) is 9.78 Å². The van der Waals surface area contributed by atoms with Crippen LogP contribution in [-0.2, 0) is 13.0 Å². The molecular weight excluding hydrogens is 258 g/mol. The zero-order chi connectivity index (χ0) is 15.6. The summed E-state index contributed by atoms with van der Waals surface area (Å²) in [6.07, 6.45) is 1.02. The predicted molar refractivity (Wildman–Crippen MR) is 88.5 cm³/mol. The number of rotatable bonds is 5. The van der Waals surface area contributed by atoms with Gasteiger partial charge in [0.15, 0.2) is 0 Å². The molecule has 0 amide bonds. The van der Waals surface area contributed by atoms with E-state index in [0.717, 1.165) is 18.7 Å². The number of hydrogen-bond acceptors (Lipinski definition) is 2. The predicted octanol–water partition coefficient (Wildman–Crippen LogP) is 3.89. The third-order valence-corrected chi connectivity index (χ3v) is 4.29. The van der Waals surface area contributed by atoms with Gasteiger partial charge in [0.25, 0.3) is 0 Å². The van der Waals surface area contributed by atoms with Crippen molar-refractivity contribution in [1.82, 2.24) is 9.78 Å². The van der Waals surface area contributed by atoms with E-state index in [9.17, 15) is 0 Å². The van der Waals surface area contributed by atoms with Crippen molar-refractivity contribution < 1.29 is 0 Å². The second-order valence-electron chi connectivity index (χ2n) is 6.11. The third kappa shape index (κ3) is 3.35. The average molecular weight is 285 g/mol. The normalized spacial score (nSPS) is 12.9. The van der Waals surface area contributed by atoms with E-state index >= 15 is 0 Å². The lowest BCUT2D eigenvalue weighted by atomic mass is 9.99. The summed E-state index contributed by atoms with van der Waals surface area (Å²) in [5, 5.41) is 4.63. The second kappa shape index (κ2) is 6.44. The first-order chi connectivity index (χ1) is 9.93. The van der Waals surface area contributed by atoms with Gasteiger partial charge in [-0.3, -0.25) is 4.68 Å². The molecule has 0 fully saturated rings. The van der Waals surface area contributed by atoms with Crippen LogP contribution in [0.25, 0.3) is 0 Å². The molecule has 2 rings (SSSR count). The molecule has 1 aromatic heterocycles. The average Bonchev–Trinajstić information content (AvgIpc) is 2.73. The summed E-state index contributed by atoms with van der Waals surface area (Å²) < 4.78 is 2.05. The molecule has 1 heterocycles. The molecule has 114 valence electrons. The molecular formula is C18H27N3. The fourth-order valence-corrected chi connectivity index (χ4v) is 2.84. The fourth-order valence-electron chi connectivity index (χ4n) is 2.84. The van der Waals surface area contributed by atoms with Crippen molar-refractivity contribution in [3.63, 3.8) is 0 Å². The molecule has 1 aromatic carbocycles. The maximum Gasteiger partial charge on any atom is 0.0628 e. The van der Waals surface area contributed by atoms with Gasteiger partial charge in [-0.1, -0.05) is 45.0 Å². The second-order valence-corrected chi connectivity index (χ2v) is 6.11. The minimum absolute atomic E-state index is 0.0195. The Bertz CT molecular complexity index is 594. The fraction of sp³-hybridized carbons (Fsp3) is 0.500. The molecule has 3 nitrogen and oxygen atoms in total. The van der Waals surface area contributed by atoms with Gasteiger partial charge in [-0.2, -0.15) is 5.10 Å². The van der Waals surface area contributed by atoms with Gasteiger partial charge in [-0.05, 0) is 42.9 Å². The quantitative estimate of drug-likeness (QED) is 0.906. The molecule has 0 saturated heterocycles. The van der Waals surface area contributed by atoms with Crippen molar-refractivity contribution in [2.45, 2.75) is 59.5 Å². The number of aromatic nitrogens is 2. The van der Waals surface area contributed by atoms with E-state index in [0.29, 0.717) is 5.92 Å². The Morgan fingerprint density at radius 3 is 2.14 bits per heavy atom. The van der Waals surface area contributed by atoms with E-state index in [-0.39, 0.29) is 6.04 Å². The minimum atomic E-state index is -0.0195. The van der Waals surface area contributed by atoms with Gasteiger partial charge >= 0.3 is 0 Å². The smallest absolute Gasteiger partial charge is 0.0628 e. The maximum atomic E-state index is 6.36. The molecule has 3 heteroatoms. The van der Waals surface area contributed by atoms with E-state index in [1.54, 1.807) is 0 Å². The van der Waals surface area contributed by atoms with E-state index in [1.807, 2.05) is 0 Å². The Kier molecular flexibility index (Phi) is 4.84. The van der Waals surface area contributed by atoms with Gasteiger partial charge in [0.2, 0.25) is 0 Å². The van der Waals surface area contributed by atoms with Crippen LogP contribution in [0.5, 0.6) is 0 Å². The highest BCUT2D eigenvalue weighted by Crippen LogP contribution is 2.20. The lowest BCUT2D eigenvalue weighted by Crippen LogP contribution is -2.19. The Morgan fingerprint density at radius 1 is 1.10 bits per heavy atom. The summed E-state index contributed by atoms with van der Waals surface area (Å²) >= 11 is 0. The number of nitrogens with two attached hydrogens (primary N) is 1. The number of hydrogen-bond donors (Lipinski definition) is 1. The van der Waals surface area contributed by atoms with Crippen molar-refractivity contribution in [2.24, 2.45) is 5.73 Å². The van der Waals surface area contributed by atoms with Crippen molar-refractivity contribution in [3.05, 3.63) is 52.3 Å². The Morgan fingerprint density at radius 2 is 1.67 bits per heavy atom. The zero-order valence-corrected chi connectivity index (χ0v) is 13.9. The summed E-state index contributed by atoms with van der Waals surface area (Å²) in [5.74, 6) is 0.554. The van der Waals surface area contributed by atoms with Crippen LogP contribution in [0.15, 0.2) is 24.3 Å². The van der Waals surface area contributed by atoms with Gasteiger partial charge in [0.05, 0.1) is 12.2 Å². The lowest BCUT2D eigenvalue weighted by molar-refractivity contribution is 0.514. The van der Waals surface area contributed by atoms with Gasteiger partial charge in [0, 0.05) is 11.7 Å². The molecule has 0 aliphatic heterocycles. The van der Waals surface area contributed by atoms with E-state index in [1.165, 1.54) is 22.4 Å². The van der Waals surface area contributed by atoms with Gasteiger partial charge in [-0.15, -0.1) is 0 Å². The Labute approximate surface area is 128 Å². The van der Waals surface area contributed by atoms with Crippen LogP contribution in [0.1, 0.15) is 60.8 Å². The van der Waals surface area contributed by atoms with Crippen molar-refractivity contribution in [2.75, 3.05) is 0 Å². The summed E-state index contributed by atoms with van der Waals surface area (Å²) in [6.45, 7) is 11.5. The standard InChI is InChI=1S/C18H27N3/c1-6-17-13(4)20-21(14(17)5)11-18(19)16-9-7-15(8-10-16)12(2)3/h7-10,12,18H,6,11,19H2,1-5H3. The summed E-state index contributed by atoms with van der Waals surface area (Å²) in [7, 11) is 0. The molecule has 0 saturated carbocycles. The van der Waals surface area contributed by atoms with Crippen LogP contribution in [0.3, 0.4) is 0 Å². The Balaban J connectivity index is 2.16. The van der Waals surface area contributed by atoms with Crippen molar-refractivity contribution in [3.8, 4) is 0 Å². The van der Waals surface area contributed by atoms with E-state index in [4.69, 9.17) is 5.73 Å². The van der Waals surface area contributed by atoms with Crippen molar-refractivity contribution >= 4 is 0 Å². The van der Waals surface area contributed by atoms with E-state index in [2.05, 4.69) is 68.7 Å². The van der Waals surface area contributed by atoms with Gasteiger partial charge in [0.1, 0.15) is 0 Å². The highest BCUT2D eigenvalue weighted by molar-refractivity contribution is 5.28. The van der Waals surface area contributed by atoms with Crippen molar-refractivity contribution in [1.29, 1.82) is 0 Å². The summed E-state index contributed by atoms with van der Waals surface area (Å²) in [4.78, 5) is 0. The van der Waals surface area contributed by atoms with Gasteiger partial charge in [-0.25, -0.2) is 0 Å². The number of aryl methyl sites for hydroxylation is 1. The topological polar surface area (TPSA) is 43.8 Å². The summed E-state index contributed by atoms with van der Waals surface area (Å²) in [6, 6.07) is 8.63. The largest absolute Gasteiger partial charge is 0.322 e. The molecule has 21 heavy (non-hydrogen) atoms. The summed E-state index contributed by atoms with van der Waals surface area (Å²) in [5.41, 5.74) is 12.6. The monoisotopic (exact) mass is 285 g/mol. The first-order valence-corrected chi connectivity index (χ1v) is 7.82. The van der Waals surface area contributed by atoms with E-state index < -0.39 is 0 Å². The van der Waals surface area contributed by atoms with Crippen LogP contribution < -0.4 is 5.73 Å². The highest BCUT2D eigenvalue weighted by Gasteiger charge is 2.13. The van der Waals surface area contributed by atoms with Crippen LogP contribution in [0, 0.1) is 13.8 Å². The lowest BCUT2D eigenvalue weighted by Gasteiger charge is -2.15. The van der Waals surface area contributed by atoms with Gasteiger partial charge < -0.3 is 5.73 Å². The molecule has 2 N–H and O–H groups in total. The van der Waals surface area contributed by atoms with Crippen LogP contribution in [0.2, 0.25) is 0 Å². The first-order valence-electron chi connectivity index (χ1n) is 7.82. The first kappa shape index (κ1) is 15.8. The van der Waals surface area contributed by atoms with Crippen LogP contribution >= 0.6 is 0 Å². The highest BCUT2D eigenvalue weighted by atomic mass is 15.3. The minimum Gasteiger partial charge on any atom is -0.322 e.